The van der Waals surface area contributed by atoms with Gasteiger partial charge in [-0.3, -0.25) is 14.5 Å². The van der Waals surface area contributed by atoms with Gasteiger partial charge in [-0.15, -0.1) is 11.8 Å². The summed E-state index contributed by atoms with van der Waals surface area (Å²) in [5, 5.41) is 2.10. The second kappa shape index (κ2) is 9.57. The van der Waals surface area contributed by atoms with Crippen LogP contribution < -0.4 is 10.1 Å². The Morgan fingerprint density at radius 3 is 2.69 bits per heavy atom. The molecule has 1 fully saturated rings. The number of halogens is 1. The van der Waals surface area contributed by atoms with Crippen LogP contribution in [0, 0.1) is 0 Å². The molecule has 0 aromatic heterocycles. The van der Waals surface area contributed by atoms with Crippen LogP contribution in [0.3, 0.4) is 0 Å². The molecule has 8 nitrogen and oxygen atoms in total. The minimum atomic E-state index is -1.59. The van der Waals surface area contributed by atoms with Crippen molar-refractivity contribution in [2.75, 3.05) is 19.5 Å². The first-order chi connectivity index (χ1) is 17.3. The standard InChI is InChI=1S/C26H25BrN2O6S/c1-3-25(13-16-8-5-4-6-9-16)19-15-36-24-26(33-2,23(32)29(24)21(19)22(31)35-25)28-20(30)14-34-18-11-7-10-17(27)12-18/h4-12,24H,3,13-15H2,1-2H3,(H,28,30)/t24-,25?,26?/m0/s1. The van der Waals surface area contributed by atoms with Crippen molar-refractivity contribution in [1.82, 2.24) is 10.2 Å². The monoisotopic (exact) mass is 572 g/mol. The van der Waals surface area contributed by atoms with Crippen LogP contribution >= 0.6 is 27.7 Å². The first-order valence-electron chi connectivity index (χ1n) is 11.5. The number of esters is 1. The van der Waals surface area contributed by atoms with Crippen molar-refractivity contribution in [1.29, 1.82) is 0 Å². The molecule has 5 rings (SSSR count). The molecular formula is C26H25BrN2O6S. The largest absolute Gasteiger partial charge is 0.484 e. The number of nitrogens with zero attached hydrogens (tertiary/aromatic N) is 1. The van der Waals surface area contributed by atoms with E-state index >= 15 is 0 Å². The summed E-state index contributed by atoms with van der Waals surface area (Å²) in [5.74, 6) is -0.542. The molecule has 10 heteroatoms. The van der Waals surface area contributed by atoms with Crippen molar-refractivity contribution >= 4 is 45.5 Å². The van der Waals surface area contributed by atoms with E-state index in [1.807, 2.05) is 43.3 Å². The second-order valence-corrected chi connectivity index (χ2v) is 10.8. The zero-order valence-corrected chi connectivity index (χ0v) is 22.2. The fourth-order valence-corrected chi connectivity index (χ4v) is 6.88. The number of carbonyl (C=O) groups excluding carboxylic acids is 3. The lowest BCUT2D eigenvalue weighted by molar-refractivity contribution is -0.192. The van der Waals surface area contributed by atoms with Crippen LogP contribution in [0.25, 0.3) is 0 Å². The van der Waals surface area contributed by atoms with Gasteiger partial charge in [0.2, 0.25) is 0 Å². The highest BCUT2D eigenvalue weighted by Gasteiger charge is 2.69. The van der Waals surface area contributed by atoms with Gasteiger partial charge in [-0.2, -0.15) is 0 Å². The average molecular weight is 573 g/mol. The van der Waals surface area contributed by atoms with E-state index in [0.717, 1.165) is 15.6 Å². The molecule has 0 radical (unpaired) electrons. The normalized spacial score (nSPS) is 26.6. The summed E-state index contributed by atoms with van der Waals surface area (Å²) in [6.45, 7) is 1.68. The summed E-state index contributed by atoms with van der Waals surface area (Å²) in [5.41, 5.74) is -0.264. The van der Waals surface area contributed by atoms with E-state index in [4.69, 9.17) is 14.2 Å². The van der Waals surface area contributed by atoms with Crippen LogP contribution in [0.2, 0.25) is 0 Å². The molecule has 0 saturated carbocycles. The van der Waals surface area contributed by atoms with Crippen LogP contribution in [-0.4, -0.2) is 58.9 Å². The number of thioether (sulfide) groups is 1. The Balaban J connectivity index is 1.35. The number of nitrogens with one attached hydrogen (secondary N) is 1. The van der Waals surface area contributed by atoms with E-state index in [2.05, 4.69) is 21.2 Å². The highest BCUT2D eigenvalue weighted by Crippen LogP contribution is 2.53. The molecule has 2 aromatic rings. The molecule has 36 heavy (non-hydrogen) atoms. The summed E-state index contributed by atoms with van der Waals surface area (Å²) < 4.78 is 17.9. The quantitative estimate of drug-likeness (QED) is 0.294. The maximum atomic E-state index is 13.4. The Bertz CT molecular complexity index is 1250. The Labute approximate surface area is 221 Å². The van der Waals surface area contributed by atoms with Crippen molar-refractivity contribution in [3.8, 4) is 5.75 Å². The number of carbonyl (C=O) groups is 3. The van der Waals surface area contributed by atoms with Gasteiger partial charge in [0, 0.05) is 29.3 Å². The summed E-state index contributed by atoms with van der Waals surface area (Å²) >= 11 is 4.80. The molecule has 3 aliphatic heterocycles. The molecular weight excluding hydrogens is 548 g/mol. The van der Waals surface area contributed by atoms with Crippen molar-refractivity contribution in [2.24, 2.45) is 0 Å². The van der Waals surface area contributed by atoms with Gasteiger partial charge in [-0.1, -0.05) is 59.3 Å². The zero-order chi connectivity index (χ0) is 25.5. The fraction of sp³-hybridized carbons (Fsp3) is 0.346. The van der Waals surface area contributed by atoms with Crippen molar-refractivity contribution in [2.45, 2.75) is 36.5 Å². The highest BCUT2D eigenvalue weighted by molar-refractivity contribution is 9.10. The van der Waals surface area contributed by atoms with Gasteiger partial charge in [0.25, 0.3) is 17.5 Å². The smallest absolute Gasteiger partial charge is 0.356 e. The zero-order valence-electron chi connectivity index (χ0n) is 19.8. The van der Waals surface area contributed by atoms with E-state index in [1.54, 1.807) is 18.2 Å². The topological polar surface area (TPSA) is 94.2 Å². The number of benzene rings is 2. The summed E-state index contributed by atoms with van der Waals surface area (Å²) in [6.07, 6.45) is 1.11. The third-order valence-corrected chi connectivity index (χ3v) is 8.59. The van der Waals surface area contributed by atoms with Gasteiger partial charge in [0.1, 0.15) is 22.4 Å². The number of hydrogen-bond acceptors (Lipinski definition) is 7. The number of amides is 2. The summed E-state index contributed by atoms with van der Waals surface area (Å²) in [6, 6.07) is 16.9. The lowest BCUT2D eigenvalue weighted by Crippen LogP contribution is -2.80. The van der Waals surface area contributed by atoms with Gasteiger partial charge in [-0.05, 0) is 30.2 Å². The summed E-state index contributed by atoms with van der Waals surface area (Å²) in [7, 11) is 1.37. The predicted octanol–water partition coefficient (Wildman–Crippen LogP) is 3.40. The predicted molar refractivity (Wildman–Crippen MR) is 137 cm³/mol. The molecule has 0 bridgehead atoms. The van der Waals surface area contributed by atoms with Gasteiger partial charge < -0.3 is 19.5 Å². The van der Waals surface area contributed by atoms with Crippen molar-refractivity contribution < 1.29 is 28.6 Å². The number of ether oxygens (including phenoxy) is 3. The number of β-lactam (4-membered cyclic amide) rings is 1. The Kier molecular flexibility index (Phi) is 6.61. The molecule has 0 spiro atoms. The Morgan fingerprint density at radius 1 is 1.22 bits per heavy atom. The van der Waals surface area contributed by atoms with Crippen molar-refractivity contribution in [3.05, 3.63) is 75.9 Å². The molecule has 2 unspecified atom stereocenters. The van der Waals surface area contributed by atoms with Gasteiger partial charge >= 0.3 is 5.97 Å². The third kappa shape index (κ3) is 4.01. The average Bonchev–Trinajstić information content (AvgIpc) is 3.17. The fourth-order valence-electron chi connectivity index (χ4n) is 4.93. The number of rotatable bonds is 8. The van der Waals surface area contributed by atoms with Crippen LogP contribution in [0.4, 0.5) is 0 Å². The van der Waals surface area contributed by atoms with Crippen LogP contribution in [0.5, 0.6) is 5.75 Å². The van der Waals surface area contributed by atoms with Gasteiger partial charge in [0.15, 0.2) is 6.61 Å². The van der Waals surface area contributed by atoms with Crippen LogP contribution in [0.15, 0.2) is 70.3 Å². The Morgan fingerprint density at radius 2 is 2.00 bits per heavy atom. The molecule has 3 heterocycles. The van der Waals surface area contributed by atoms with Gasteiger partial charge in [-0.25, -0.2) is 4.79 Å². The van der Waals surface area contributed by atoms with E-state index in [1.165, 1.54) is 23.8 Å². The highest BCUT2D eigenvalue weighted by atomic mass is 79.9. The van der Waals surface area contributed by atoms with Crippen LogP contribution in [0.1, 0.15) is 18.9 Å². The van der Waals surface area contributed by atoms with Gasteiger partial charge in [0.05, 0.1) is 0 Å². The Hall–Kier alpha value is -2.82. The third-order valence-electron chi connectivity index (χ3n) is 6.78. The molecule has 188 valence electrons. The molecule has 1 saturated heterocycles. The van der Waals surface area contributed by atoms with E-state index < -0.39 is 34.5 Å². The van der Waals surface area contributed by atoms with Crippen molar-refractivity contribution in [3.63, 3.8) is 0 Å². The molecule has 0 aliphatic carbocycles. The van der Waals surface area contributed by atoms with E-state index in [0.29, 0.717) is 24.3 Å². The summed E-state index contributed by atoms with van der Waals surface area (Å²) in [4.78, 5) is 40.6. The minimum Gasteiger partial charge on any atom is -0.484 e. The number of cyclic esters (lactones) is 1. The second-order valence-electron chi connectivity index (χ2n) is 8.80. The molecule has 3 atom stereocenters. The maximum Gasteiger partial charge on any atom is 0.356 e. The van der Waals surface area contributed by atoms with Crippen LogP contribution in [-0.2, 0) is 30.3 Å². The molecule has 1 N–H and O–H groups in total. The lowest BCUT2D eigenvalue weighted by Gasteiger charge is -2.55. The van der Waals surface area contributed by atoms with E-state index in [9.17, 15) is 14.4 Å². The van der Waals surface area contributed by atoms with E-state index in [-0.39, 0.29) is 12.3 Å². The lowest BCUT2D eigenvalue weighted by atomic mass is 9.84. The molecule has 2 aromatic carbocycles. The maximum absolute atomic E-state index is 13.4. The SMILES string of the molecule is CCC1(Cc2ccccc2)OC(=O)C2=C1CS[C@@H]1N2C(=O)C1(NC(=O)COc1cccc(Br)c1)OC. The first kappa shape index (κ1) is 24.9. The first-order valence-corrected chi connectivity index (χ1v) is 13.4. The minimum absolute atomic E-state index is 0.272. The number of hydrogen-bond donors (Lipinski definition) is 1. The number of fused-ring (bicyclic) bond motifs is 2. The molecule has 2 amide bonds. The number of methoxy groups -OCH3 is 1. The molecule has 3 aliphatic rings.